The zero-order chi connectivity index (χ0) is 13.5. The minimum atomic E-state index is -0.584. The Bertz CT molecular complexity index is 412. The Labute approximate surface area is 115 Å². The highest BCUT2D eigenvalue weighted by Crippen LogP contribution is 2.27. The van der Waals surface area contributed by atoms with Crippen molar-refractivity contribution in [1.82, 2.24) is 0 Å². The summed E-state index contributed by atoms with van der Waals surface area (Å²) in [4.78, 5) is 11.8. The first-order chi connectivity index (χ1) is 8.58. The van der Waals surface area contributed by atoms with Gasteiger partial charge in [0.05, 0.1) is 17.6 Å². The Morgan fingerprint density at radius 3 is 2.83 bits per heavy atom. The third-order valence-corrected chi connectivity index (χ3v) is 3.04. The molecule has 0 bridgehead atoms. The first-order valence-electron chi connectivity index (χ1n) is 5.47. The molecule has 1 aromatic rings. The lowest BCUT2D eigenvalue weighted by molar-refractivity contribution is -0.117. The molecule has 0 aliphatic heterocycles. The average molecular weight is 317 g/mol. The maximum Gasteiger partial charge on any atom is 0.241 e. The number of rotatable bonds is 6. The second kappa shape index (κ2) is 7.35. The van der Waals surface area contributed by atoms with Gasteiger partial charge in [0.2, 0.25) is 5.91 Å². The first kappa shape index (κ1) is 14.9. The lowest BCUT2D eigenvalue weighted by Gasteiger charge is -2.12. The number of ether oxygens (including phenoxy) is 2. The van der Waals surface area contributed by atoms with Gasteiger partial charge >= 0.3 is 0 Å². The van der Waals surface area contributed by atoms with Crippen LogP contribution in [0.25, 0.3) is 0 Å². The van der Waals surface area contributed by atoms with E-state index >= 15 is 0 Å². The van der Waals surface area contributed by atoms with Crippen molar-refractivity contribution in [3.05, 3.63) is 22.7 Å². The third-order valence-electron chi connectivity index (χ3n) is 2.39. The molecule has 0 saturated heterocycles. The van der Waals surface area contributed by atoms with Gasteiger partial charge in [0, 0.05) is 25.5 Å². The van der Waals surface area contributed by atoms with Gasteiger partial charge in [-0.3, -0.25) is 4.79 Å². The maximum atomic E-state index is 11.8. The number of carbonyl (C=O) groups excluding carboxylic acids is 1. The van der Waals surface area contributed by atoms with Gasteiger partial charge in [0.15, 0.2) is 0 Å². The molecule has 1 rings (SSSR count). The number of nitrogens with two attached hydrogens (primary N) is 1. The predicted molar refractivity (Wildman–Crippen MR) is 73.8 cm³/mol. The zero-order valence-electron chi connectivity index (χ0n) is 10.4. The van der Waals surface area contributed by atoms with E-state index in [9.17, 15) is 4.79 Å². The van der Waals surface area contributed by atoms with E-state index in [4.69, 9.17) is 15.2 Å². The van der Waals surface area contributed by atoms with Crippen LogP contribution in [0.5, 0.6) is 5.75 Å². The Hall–Kier alpha value is -1.11. The largest absolute Gasteiger partial charge is 0.495 e. The van der Waals surface area contributed by atoms with Crippen LogP contribution in [0.15, 0.2) is 22.7 Å². The molecule has 1 atom stereocenters. The lowest BCUT2D eigenvalue weighted by atomic mass is 10.2. The fourth-order valence-corrected chi connectivity index (χ4v) is 1.76. The van der Waals surface area contributed by atoms with Crippen molar-refractivity contribution in [2.24, 2.45) is 5.73 Å². The maximum absolute atomic E-state index is 11.8. The van der Waals surface area contributed by atoms with Crippen molar-refractivity contribution in [3.8, 4) is 5.75 Å². The van der Waals surface area contributed by atoms with Crippen molar-refractivity contribution >= 4 is 27.5 Å². The molecule has 0 saturated carbocycles. The molecule has 0 spiro atoms. The second-order valence-electron chi connectivity index (χ2n) is 3.73. The number of benzene rings is 1. The van der Waals surface area contributed by atoms with Gasteiger partial charge in [0.1, 0.15) is 5.75 Å². The van der Waals surface area contributed by atoms with Crippen LogP contribution in [0.4, 0.5) is 5.69 Å². The smallest absolute Gasteiger partial charge is 0.241 e. The Balaban J connectivity index is 2.64. The second-order valence-corrected chi connectivity index (χ2v) is 4.58. The number of methoxy groups -OCH3 is 2. The minimum absolute atomic E-state index is 0.239. The summed E-state index contributed by atoms with van der Waals surface area (Å²) in [5, 5.41) is 2.73. The third kappa shape index (κ3) is 4.29. The molecule has 0 radical (unpaired) electrons. The van der Waals surface area contributed by atoms with Crippen molar-refractivity contribution < 1.29 is 14.3 Å². The Kier molecular flexibility index (Phi) is 6.11. The van der Waals surface area contributed by atoms with Crippen LogP contribution in [-0.4, -0.2) is 32.8 Å². The van der Waals surface area contributed by atoms with Crippen molar-refractivity contribution in [2.75, 3.05) is 26.1 Å². The summed E-state index contributed by atoms with van der Waals surface area (Å²) in [6.07, 6.45) is 0.482. The summed E-state index contributed by atoms with van der Waals surface area (Å²) in [5.41, 5.74) is 6.37. The average Bonchev–Trinajstić information content (AvgIpc) is 2.37. The topological polar surface area (TPSA) is 73.6 Å². The van der Waals surface area contributed by atoms with E-state index in [1.165, 1.54) is 0 Å². The van der Waals surface area contributed by atoms with E-state index in [2.05, 4.69) is 21.2 Å². The van der Waals surface area contributed by atoms with E-state index in [0.717, 1.165) is 4.47 Å². The number of hydrogen-bond acceptors (Lipinski definition) is 4. The van der Waals surface area contributed by atoms with Crippen LogP contribution < -0.4 is 15.8 Å². The normalized spacial score (nSPS) is 12.0. The number of carbonyl (C=O) groups is 1. The van der Waals surface area contributed by atoms with Crippen LogP contribution in [0.2, 0.25) is 0 Å². The minimum Gasteiger partial charge on any atom is -0.495 e. The van der Waals surface area contributed by atoms with Crippen LogP contribution in [0.1, 0.15) is 6.42 Å². The van der Waals surface area contributed by atoms with Crippen LogP contribution >= 0.6 is 15.9 Å². The molecule has 1 aromatic carbocycles. The van der Waals surface area contributed by atoms with Crippen molar-refractivity contribution in [3.63, 3.8) is 0 Å². The molecule has 0 heterocycles. The van der Waals surface area contributed by atoms with Gasteiger partial charge in [-0.05, 0) is 34.5 Å². The number of nitrogens with one attached hydrogen (secondary N) is 1. The Morgan fingerprint density at radius 2 is 2.22 bits per heavy atom. The number of hydrogen-bond donors (Lipinski definition) is 2. The van der Waals surface area contributed by atoms with Crippen molar-refractivity contribution in [1.29, 1.82) is 0 Å². The standard InChI is InChI=1S/C12H17BrN2O3/c1-17-6-5-10(14)12(16)15-8-3-4-9(13)11(7-8)18-2/h3-4,7,10H,5-6,14H2,1-2H3,(H,15,16). The summed E-state index contributed by atoms with van der Waals surface area (Å²) in [6, 6.07) is 4.72. The van der Waals surface area contributed by atoms with E-state index in [0.29, 0.717) is 24.5 Å². The summed E-state index contributed by atoms with van der Waals surface area (Å²) < 4.78 is 10.8. The monoisotopic (exact) mass is 316 g/mol. The van der Waals surface area contributed by atoms with E-state index in [1.54, 1.807) is 32.4 Å². The highest BCUT2D eigenvalue weighted by molar-refractivity contribution is 9.10. The van der Waals surface area contributed by atoms with E-state index in [-0.39, 0.29) is 5.91 Å². The molecule has 0 aromatic heterocycles. The number of amides is 1. The molecule has 0 aliphatic carbocycles. The molecular weight excluding hydrogens is 300 g/mol. The summed E-state index contributed by atoms with van der Waals surface area (Å²) in [5.74, 6) is 0.412. The Morgan fingerprint density at radius 1 is 1.50 bits per heavy atom. The fraction of sp³-hybridized carbons (Fsp3) is 0.417. The van der Waals surface area contributed by atoms with Crippen molar-refractivity contribution in [2.45, 2.75) is 12.5 Å². The highest BCUT2D eigenvalue weighted by Gasteiger charge is 2.13. The summed E-state index contributed by atoms with van der Waals surface area (Å²) >= 11 is 3.34. The molecule has 100 valence electrons. The highest BCUT2D eigenvalue weighted by atomic mass is 79.9. The SMILES string of the molecule is COCCC(N)C(=O)Nc1ccc(Br)c(OC)c1. The molecular formula is C12H17BrN2O3. The van der Waals surface area contributed by atoms with Gasteiger partial charge < -0.3 is 20.5 Å². The van der Waals surface area contributed by atoms with E-state index in [1.807, 2.05) is 0 Å². The molecule has 1 unspecified atom stereocenters. The zero-order valence-corrected chi connectivity index (χ0v) is 12.0. The van der Waals surface area contributed by atoms with Crippen LogP contribution in [0, 0.1) is 0 Å². The van der Waals surface area contributed by atoms with Gasteiger partial charge in [0.25, 0.3) is 0 Å². The lowest BCUT2D eigenvalue weighted by Crippen LogP contribution is -2.36. The molecule has 0 aliphatic rings. The molecule has 3 N–H and O–H groups in total. The molecule has 18 heavy (non-hydrogen) atoms. The van der Waals surface area contributed by atoms with Gasteiger partial charge in [-0.25, -0.2) is 0 Å². The van der Waals surface area contributed by atoms with Gasteiger partial charge in [-0.1, -0.05) is 0 Å². The summed E-state index contributed by atoms with van der Waals surface area (Å²) in [6.45, 7) is 0.457. The molecule has 6 heteroatoms. The van der Waals surface area contributed by atoms with Crippen LogP contribution in [-0.2, 0) is 9.53 Å². The molecule has 5 nitrogen and oxygen atoms in total. The summed E-state index contributed by atoms with van der Waals surface area (Å²) in [7, 11) is 3.14. The van der Waals surface area contributed by atoms with Gasteiger partial charge in [-0.15, -0.1) is 0 Å². The van der Waals surface area contributed by atoms with Crippen LogP contribution in [0.3, 0.4) is 0 Å². The number of halogens is 1. The van der Waals surface area contributed by atoms with E-state index < -0.39 is 6.04 Å². The molecule has 0 fully saturated rings. The quantitative estimate of drug-likeness (QED) is 0.838. The predicted octanol–water partition coefficient (Wildman–Crippen LogP) is 1.76. The fourth-order valence-electron chi connectivity index (χ4n) is 1.35. The first-order valence-corrected chi connectivity index (χ1v) is 6.26. The number of anilines is 1. The van der Waals surface area contributed by atoms with Gasteiger partial charge in [-0.2, -0.15) is 0 Å². The molecule has 1 amide bonds.